The molecule has 0 saturated carbocycles. The summed E-state index contributed by atoms with van der Waals surface area (Å²) in [6, 6.07) is 14.5. The minimum Gasteiger partial charge on any atom is -0.337 e. The van der Waals surface area contributed by atoms with Gasteiger partial charge < -0.3 is 9.42 Å². The van der Waals surface area contributed by atoms with E-state index in [1.54, 1.807) is 31.3 Å². The van der Waals surface area contributed by atoms with E-state index in [0.29, 0.717) is 16.4 Å². The van der Waals surface area contributed by atoms with E-state index in [1.165, 1.54) is 4.90 Å². The van der Waals surface area contributed by atoms with Crippen LogP contribution in [0.4, 0.5) is 0 Å². The molecule has 31 heavy (non-hydrogen) atoms. The van der Waals surface area contributed by atoms with E-state index in [9.17, 15) is 13.2 Å². The molecule has 0 N–H and O–H groups in total. The highest BCUT2D eigenvalue weighted by Gasteiger charge is 2.24. The van der Waals surface area contributed by atoms with Crippen LogP contribution in [0.3, 0.4) is 0 Å². The highest BCUT2D eigenvalue weighted by Crippen LogP contribution is 2.21. The van der Waals surface area contributed by atoms with Crippen molar-refractivity contribution in [3.05, 3.63) is 70.6 Å². The van der Waals surface area contributed by atoms with E-state index in [0.717, 1.165) is 21.7 Å². The van der Waals surface area contributed by atoms with E-state index in [2.05, 4.69) is 10.1 Å². The molecular formula is C21H23ClN4O4S. The second-order valence-corrected chi connectivity index (χ2v) is 9.59. The third kappa shape index (κ3) is 5.90. The van der Waals surface area contributed by atoms with Crippen LogP contribution in [-0.4, -0.2) is 53.5 Å². The Balaban J connectivity index is 1.69. The van der Waals surface area contributed by atoms with Crippen LogP contribution in [-0.2, 0) is 27.9 Å². The Bertz CT molecular complexity index is 1180. The van der Waals surface area contributed by atoms with Crippen molar-refractivity contribution in [1.29, 1.82) is 0 Å². The fourth-order valence-corrected chi connectivity index (χ4v) is 3.84. The number of carbonyl (C=O) groups is 1. The van der Waals surface area contributed by atoms with Gasteiger partial charge in [-0.15, -0.1) is 0 Å². The monoisotopic (exact) mass is 462 g/mol. The first kappa shape index (κ1) is 22.9. The van der Waals surface area contributed by atoms with Crippen LogP contribution < -0.4 is 0 Å². The number of hydrogen-bond donors (Lipinski definition) is 0. The van der Waals surface area contributed by atoms with E-state index >= 15 is 0 Å². The lowest BCUT2D eigenvalue weighted by Crippen LogP contribution is -2.40. The molecular weight excluding hydrogens is 440 g/mol. The molecule has 0 aliphatic carbocycles. The predicted molar refractivity (Wildman–Crippen MR) is 118 cm³/mol. The molecule has 0 bridgehead atoms. The average molecular weight is 463 g/mol. The molecule has 0 spiro atoms. The lowest BCUT2D eigenvalue weighted by Gasteiger charge is -2.23. The zero-order valence-electron chi connectivity index (χ0n) is 17.4. The third-order valence-electron chi connectivity index (χ3n) is 4.74. The molecule has 1 amide bonds. The van der Waals surface area contributed by atoms with Gasteiger partial charge in [0.05, 0.1) is 19.3 Å². The van der Waals surface area contributed by atoms with E-state index < -0.39 is 15.9 Å². The van der Waals surface area contributed by atoms with Crippen molar-refractivity contribution in [3.8, 4) is 11.4 Å². The van der Waals surface area contributed by atoms with Gasteiger partial charge in [-0.1, -0.05) is 59.2 Å². The van der Waals surface area contributed by atoms with Gasteiger partial charge in [0.2, 0.25) is 27.6 Å². The first-order chi connectivity index (χ1) is 14.6. The summed E-state index contributed by atoms with van der Waals surface area (Å²) in [5.41, 5.74) is 2.46. The molecule has 8 nitrogen and oxygen atoms in total. The molecule has 0 aliphatic heterocycles. The lowest BCUT2D eigenvalue weighted by atomic mass is 10.1. The molecule has 10 heteroatoms. The van der Waals surface area contributed by atoms with Gasteiger partial charge in [-0.05, 0) is 24.1 Å². The number of amides is 1. The summed E-state index contributed by atoms with van der Waals surface area (Å²) in [5, 5.41) is 4.42. The second kappa shape index (κ2) is 9.59. The molecule has 0 aliphatic rings. The summed E-state index contributed by atoms with van der Waals surface area (Å²) < 4.78 is 30.8. The normalized spacial score (nSPS) is 11.6. The van der Waals surface area contributed by atoms with E-state index in [4.69, 9.17) is 16.1 Å². The average Bonchev–Trinajstić information content (AvgIpc) is 3.16. The van der Waals surface area contributed by atoms with E-state index in [1.807, 2.05) is 31.2 Å². The van der Waals surface area contributed by atoms with Crippen LogP contribution in [0.1, 0.15) is 17.0 Å². The number of halogens is 1. The van der Waals surface area contributed by atoms with Crippen LogP contribution in [0, 0.1) is 6.92 Å². The lowest BCUT2D eigenvalue weighted by molar-refractivity contribution is -0.131. The minimum atomic E-state index is -3.64. The Labute approximate surface area is 186 Å². The number of hydrogen-bond acceptors (Lipinski definition) is 6. The number of rotatable bonds is 8. The zero-order valence-corrected chi connectivity index (χ0v) is 19.0. The fraction of sp³-hybridized carbons (Fsp3) is 0.286. The number of nitrogens with zero attached hydrogens (tertiary/aromatic N) is 4. The van der Waals surface area contributed by atoms with Crippen molar-refractivity contribution in [2.75, 3.05) is 19.8 Å². The van der Waals surface area contributed by atoms with Gasteiger partial charge in [0.25, 0.3) is 0 Å². The number of sulfonamides is 1. The number of carbonyl (C=O) groups excluding carboxylic acids is 1. The van der Waals surface area contributed by atoms with Crippen molar-refractivity contribution in [2.45, 2.75) is 20.0 Å². The first-order valence-electron chi connectivity index (χ1n) is 9.46. The van der Waals surface area contributed by atoms with Crippen molar-refractivity contribution in [3.63, 3.8) is 0 Å². The van der Waals surface area contributed by atoms with Gasteiger partial charge in [-0.25, -0.2) is 8.42 Å². The predicted octanol–water partition coefficient (Wildman–Crippen LogP) is 3.12. The van der Waals surface area contributed by atoms with Gasteiger partial charge in [0.1, 0.15) is 0 Å². The maximum absolute atomic E-state index is 12.7. The van der Waals surface area contributed by atoms with Gasteiger partial charge in [0, 0.05) is 24.2 Å². The largest absolute Gasteiger partial charge is 0.337 e. The zero-order chi connectivity index (χ0) is 22.6. The van der Waals surface area contributed by atoms with Crippen molar-refractivity contribution in [2.24, 2.45) is 0 Å². The Morgan fingerprint density at radius 2 is 1.77 bits per heavy atom. The number of aryl methyl sites for hydroxylation is 1. The van der Waals surface area contributed by atoms with Crippen LogP contribution in [0.2, 0.25) is 5.02 Å². The van der Waals surface area contributed by atoms with Gasteiger partial charge in [-0.3, -0.25) is 4.79 Å². The Hall–Kier alpha value is -2.75. The molecule has 1 aromatic heterocycles. The molecule has 0 atom stereocenters. The number of likely N-dealkylation sites (N-methyl/N-ethyl adjacent to an activating group) is 1. The van der Waals surface area contributed by atoms with Crippen molar-refractivity contribution in [1.82, 2.24) is 19.3 Å². The summed E-state index contributed by atoms with van der Waals surface area (Å²) in [6.45, 7) is 1.66. The Morgan fingerprint density at radius 1 is 1.10 bits per heavy atom. The van der Waals surface area contributed by atoms with Gasteiger partial charge in [0.15, 0.2) is 0 Å². The Kier molecular flexibility index (Phi) is 7.09. The molecule has 1 heterocycles. The molecule has 0 fully saturated rings. The molecule has 164 valence electrons. The standard InChI is InChI=1S/C21H23ClN4O4S/c1-15-8-4-6-10-17(15)21-23-19(30-24-21)13-25(2)20(27)14-26(31(3,28)29)12-16-9-5-7-11-18(16)22/h4-11H,12-14H2,1-3H3. The quantitative estimate of drug-likeness (QED) is 0.510. The summed E-state index contributed by atoms with van der Waals surface area (Å²) in [6.07, 6.45) is 1.06. The summed E-state index contributed by atoms with van der Waals surface area (Å²) in [4.78, 5) is 18.4. The topological polar surface area (TPSA) is 96.6 Å². The molecule has 2 aromatic carbocycles. The van der Waals surface area contributed by atoms with Crippen molar-refractivity contribution >= 4 is 27.5 Å². The third-order valence-corrected chi connectivity index (χ3v) is 6.30. The number of benzene rings is 2. The molecule has 0 unspecified atom stereocenters. The molecule has 3 rings (SSSR count). The maximum atomic E-state index is 12.7. The smallest absolute Gasteiger partial charge is 0.246 e. The molecule has 0 radical (unpaired) electrons. The molecule has 3 aromatic rings. The van der Waals surface area contributed by atoms with Crippen LogP contribution in [0.15, 0.2) is 53.1 Å². The Morgan fingerprint density at radius 3 is 2.45 bits per heavy atom. The SMILES string of the molecule is Cc1ccccc1-c1noc(CN(C)C(=O)CN(Cc2ccccc2Cl)S(C)(=O)=O)n1. The van der Waals surface area contributed by atoms with Crippen LogP contribution in [0.5, 0.6) is 0 Å². The minimum absolute atomic E-state index is 0.00389. The van der Waals surface area contributed by atoms with Gasteiger partial charge >= 0.3 is 0 Å². The summed E-state index contributed by atoms with van der Waals surface area (Å²) >= 11 is 6.14. The van der Waals surface area contributed by atoms with E-state index in [-0.39, 0.29) is 25.5 Å². The summed E-state index contributed by atoms with van der Waals surface area (Å²) in [5.74, 6) is 0.282. The fourth-order valence-electron chi connectivity index (χ4n) is 2.92. The second-order valence-electron chi connectivity index (χ2n) is 7.20. The van der Waals surface area contributed by atoms with Crippen molar-refractivity contribution < 1.29 is 17.7 Å². The maximum Gasteiger partial charge on any atom is 0.246 e. The number of aromatic nitrogens is 2. The molecule has 0 saturated heterocycles. The van der Waals surface area contributed by atoms with Crippen LogP contribution >= 0.6 is 11.6 Å². The van der Waals surface area contributed by atoms with Gasteiger partial charge in [-0.2, -0.15) is 9.29 Å². The first-order valence-corrected chi connectivity index (χ1v) is 11.7. The highest BCUT2D eigenvalue weighted by molar-refractivity contribution is 7.88. The van der Waals surface area contributed by atoms with Crippen LogP contribution in [0.25, 0.3) is 11.4 Å². The highest BCUT2D eigenvalue weighted by atomic mass is 35.5. The summed E-state index contributed by atoms with van der Waals surface area (Å²) in [7, 11) is -2.09.